The molecule has 1 fully saturated rings. The fraction of sp³-hybridized carbons (Fsp3) is 0.533. The molecule has 0 heterocycles. The van der Waals surface area contributed by atoms with E-state index in [0.29, 0.717) is 10.0 Å². The summed E-state index contributed by atoms with van der Waals surface area (Å²) in [6, 6.07) is 5.34. The van der Waals surface area contributed by atoms with Gasteiger partial charge in [0.25, 0.3) is 0 Å². The lowest BCUT2D eigenvalue weighted by Crippen LogP contribution is -2.53. The molecule has 1 aromatic carbocycles. The number of sulfone groups is 1. The maximum Gasteiger partial charge on any atom is 0.235 e. The Balaban J connectivity index is 2.19. The van der Waals surface area contributed by atoms with Crippen LogP contribution in [0, 0.1) is 0 Å². The van der Waals surface area contributed by atoms with Gasteiger partial charge in [0.05, 0.1) is 10.0 Å². The van der Waals surface area contributed by atoms with Crippen molar-refractivity contribution in [1.29, 1.82) is 0 Å². The summed E-state index contributed by atoms with van der Waals surface area (Å²) in [5.41, 5.74) is 0.821. The first kappa shape index (κ1) is 17.6. The second-order valence-corrected chi connectivity index (χ2v) is 8.95. The van der Waals surface area contributed by atoms with Crippen molar-refractivity contribution in [3.63, 3.8) is 0 Å². The van der Waals surface area contributed by atoms with Crippen LogP contribution in [0.2, 0.25) is 10.0 Å². The van der Waals surface area contributed by atoms with Crippen molar-refractivity contribution in [3.05, 3.63) is 33.8 Å². The van der Waals surface area contributed by atoms with Crippen LogP contribution in [0.15, 0.2) is 18.2 Å². The van der Waals surface area contributed by atoms with Gasteiger partial charge in [-0.1, -0.05) is 35.7 Å². The molecule has 0 radical (unpaired) electrons. The minimum atomic E-state index is -3.33. The van der Waals surface area contributed by atoms with Crippen molar-refractivity contribution in [3.8, 4) is 0 Å². The number of benzene rings is 1. The van der Waals surface area contributed by atoms with Gasteiger partial charge in [-0.25, -0.2) is 8.42 Å². The lowest BCUT2D eigenvalue weighted by Gasteiger charge is -2.47. The normalized spacial score (nSPS) is 18.4. The molecular weight excluding hydrogens is 345 g/mol. The van der Waals surface area contributed by atoms with E-state index in [2.05, 4.69) is 5.32 Å². The van der Waals surface area contributed by atoms with E-state index in [1.165, 1.54) is 0 Å². The number of hydrogen-bond donors (Lipinski definition) is 1. The minimum absolute atomic E-state index is 0.173. The topological polar surface area (TPSA) is 63.2 Å². The molecule has 0 aromatic heterocycles. The molecule has 4 nitrogen and oxygen atoms in total. The highest BCUT2D eigenvalue weighted by atomic mass is 35.5. The number of halogens is 2. The highest BCUT2D eigenvalue weighted by Gasteiger charge is 2.44. The first-order valence-electron chi connectivity index (χ1n) is 7.07. The number of hydrogen-bond acceptors (Lipinski definition) is 3. The molecule has 1 aliphatic carbocycles. The average Bonchev–Trinajstić information content (AvgIpc) is 2.29. The van der Waals surface area contributed by atoms with Gasteiger partial charge in [-0.05, 0) is 37.5 Å². The molecule has 0 bridgehead atoms. The van der Waals surface area contributed by atoms with Crippen LogP contribution in [-0.4, -0.2) is 32.4 Å². The lowest BCUT2D eigenvalue weighted by molar-refractivity contribution is -0.120. The van der Waals surface area contributed by atoms with Crippen LogP contribution >= 0.6 is 23.2 Å². The Kier molecular flexibility index (Phi) is 5.09. The SMILES string of the molecule is CC(NC(=O)CS(C)(=O)=O)C1(c2ccc(Cl)c(Cl)c2)CCC1. The van der Waals surface area contributed by atoms with E-state index >= 15 is 0 Å². The number of carbonyl (C=O) groups is 1. The number of nitrogens with one attached hydrogen (secondary N) is 1. The summed E-state index contributed by atoms with van der Waals surface area (Å²) in [5.74, 6) is -0.962. The van der Waals surface area contributed by atoms with Crippen LogP contribution in [-0.2, 0) is 20.0 Å². The first-order valence-corrected chi connectivity index (χ1v) is 9.88. The summed E-state index contributed by atoms with van der Waals surface area (Å²) in [6.45, 7) is 1.90. The predicted molar refractivity (Wildman–Crippen MR) is 89.3 cm³/mol. The molecule has 0 spiro atoms. The van der Waals surface area contributed by atoms with E-state index in [4.69, 9.17) is 23.2 Å². The Labute approximate surface area is 141 Å². The third-order valence-electron chi connectivity index (χ3n) is 4.34. The van der Waals surface area contributed by atoms with Gasteiger partial charge >= 0.3 is 0 Å². The third-order valence-corrected chi connectivity index (χ3v) is 5.87. The van der Waals surface area contributed by atoms with E-state index in [1.807, 2.05) is 19.1 Å². The van der Waals surface area contributed by atoms with Crippen molar-refractivity contribution < 1.29 is 13.2 Å². The Bertz CT molecular complexity index is 684. The Morgan fingerprint density at radius 2 is 1.95 bits per heavy atom. The summed E-state index contributed by atoms with van der Waals surface area (Å²) in [7, 11) is -3.33. The highest BCUT2D eigenvalue weighted by molar-refractivity contribution is 7.91. The molecule has 7 heteroatoms. The Morgan fingerprint density at radius 1 is 1.32 bits per heavy atom. The fourth-order valence-electron chi connectivity index (χ4n) is 2.99. The van der Waals surface area contributed by atoms with Crippen LogP contribution in [0.3, 0.4) is 0 Å². The quantitative estimate of drug-likeness (QED) is 0.874. The molecule has 2 rings (SSSR count). The van der Waals surface area contributed by atoms with Crippen LogP contribution in [0.25, 0.3) is 0 Å². The second-order valence-electron chi connectivity index (χ2n) is 6.00. The number of rotatable bonds is 5. The van der Waals surface area contributed by atoms with E-state index < -0.39 is 21.5 Å². The van der Waals surface area contributed by atoms with Gasteiger partial charge in [0.2, 0.25) is 5.91 Å². The zero-order valence-electron chi connectivity index (χ0n) is 12.5. The monoisotopic (exact) mass is 363 g/mol. The van der Waals surface area contributed by atoms with Crippen LogP contribution in [0.4, 0.5) is 0 Å². The average molecular weight is 364 g/mol. The highest BCUT2D eigenvalue weighted by Crippen LogP contribution is 2.47. The molecule has 122 valence electrons. The van der Waals surface area contributed by atoms with Crippen molar-refractivity contribution in [2.45, 2.75) is 37.6 Å². The smallest absolute Gasteiger partial charge is 0.235 e. The summed E-state index contributed by atoms with van der Waals surface area (Å²) < 4.78 is 22.4. The maximum atomic E-state index is 11.9. The zero-order chi connectivity index (χ0) is 16.5. The molecule has 1 N–H and O–H groups in total. The molecule has 1 aromatic rings. The lowest BCUT2D eigenvalue weighted by atomic mass is 9.60. The summed E-state index contributed by atoms with van der Waals surface area (Å²) in [4.78, 5) is 11.9. The Hall–Kier alpha value is -0.780. The van der Waals surface area contributed by atoms with Crippen molar-refractivity contribution in [2.24, 2.45) is 0 Å². The van der Waals surface area contributed by atoms with Gasteiger partial charge in [0, 0.05) is 17.7 Å². The van der Waals surface area contributed by atoms with Crippen molar-refractivity contribution in [1.82, 2.24) is 5.32 Å². The van der Waals surface area contributed by atoms with E-state index in [9.17, 15) is 13.2 Å². The molecule has 1 saturated carbocycles. The summed E-state index contributed by atoms with van der Waals surface area (Å²) >= 11 is 12.1. The molecule has 1 amide bonds. The molecule has 1 atom stereocenters. The maximum absolute atomic E-state index is 11.9. The van der Waals surface area contributed by atoms with E-state index in [-0.39, 0.29) is 11.5 Å². The summed E-state index contributed by atoms with van der Waals surface area (Å²) in [6.07, 6.45) is 3.96. The molecular formula is C15H19Cl2NO3S. The van der Waals surface area contributed by atoms with Gasteiger partial charge < -0.3 is 5.32 Å². The van der Waals surface area contributed by atoms with E-state index in [0.717, 1.165) is 31.1 Å². The van der Waals surface area contributed by atoms with Gasteiger partial charge in [-0.2, -0.15) is 0 Å². The standard InChI is InChI=1S/C15H19Cl2NO3S/c1-10(18-14(19)9-22(2,20)21)15(6-3-7-15)11-4-5-12(16)13(17)8-11/h4-5,8,10H,3,6-7,9H2,1-2H3,(H,18,19). The van der Waals surface area contributed by atoms with Crippen molar-refractivity contribution >= 4 is 38.9 Å². The van der Waals surface area contributed by atoms with Gasteiger partial charge in [0.15, 0.2) is 9.84 Å². The number of carbonyl (C=O) groups excluding carboxylic acids is 1. The second kappa shape index (κ2) is 6.38. The van der Waals surface area contributed by atoms with Crippen LogP contribution in [0.5, 0.6) is 0 Å². The fourth-order valence-corrected chi connectivity index (χ4v) is 3.85. The molecule has 1 aliphatic rings. The van der Waals surface area contributed by atoms with E-state index in [1.54, 1.807) is 6.07 Å². The van der Waals surface area contributed by atoms with Crippen LogP contribution < -0.4 is 5.32 Å². The third kappa shape index (κ3) is 3.76. The largest absolute Gasteiger partial charge is 0.352 e. The molecule has 1 unspecified atom stereocenters. The van der Waals surface area contributed by atoms with Gasteiger partial charge in [-0.3, -0.25) is 4.79 Å². The minimum Gasteiger partial charge on any atom is -0.352 e. The van der Waals surface area contributed by atoms with Crippen molar-refractivity contribution in [2.75, 3.05) is 12.0 Å². The molecule has 0 aliphatic heterocycles. The first-order chi connectivity index (χ1) is 10.1. The number of amides is 1. The molecule has 22 heavy (non-hydrogen) atoms. The Morgan fingerprint density at radius 3 is 2.41 bits per heavy atom. The predicted octanol–water partition coefficient (Wildman–Crippen LogP) is 2.96. The van der Waals surface area contributed by atoms with Crippen LogP contribution in [0.1, 0.15) is 31.7 Å². The van der Waals surface area contributed by atoms with Gasteiger partial charge in [0.1, 0.15) is 5.75 Å². The van der Waals surface area contributed by atoms with Gasteiger partial charge in [-0.15, -0.1) is 0 Å². The molecule has 0 saturated heterocycles. The summed E-state index contributed by atoms with van der Waals surface area (Å²) in [5, 5.41) is 3.80. The zero-order valence-corrected chi connectivity index (χ0v) is 14.9.